The molecule has 1 saturated heterocycles. The number of carbonyl (C=O) groups is 1. The number of rotatable bonds is 2. The van der Waals surface area contributed by atoms with Crippen LogP contribution in [0, 0.1) is 17.8 Å². The van der Waals surface area contributed by atoms with Gasteiger partial charge in [-0.1, -0.05) is 13.8 Å². The van der Waals surface area contributed by atoms with Gasteiger partial charge in [-0.3, -0.25) is 4.79 Å². The lowest BCUT2D eigenvalue weighted by Gasteiger charge is -2.42. The number of piperidine rings is 1. The summed E-state index contributed by atoms with van der Waals surface area (Å²) in [5.74, 6) is 1.62. The van der Waals surface area contributed by atoms with Crippen LogP contribution >= 0.6 is 0 Å². The molecule has 0 aromatic rings. The van der Waals surface area contributed by atoms with Crippen molar-refractivity contribution in [2.45, 2.75) is 52.1 Å². The van der Waals surface area contributed by atoms with E-state index < -0.39 is 5.67 Å². The van der Waals surface area contributed by atoms with Crippen molar-refractivity contribution < 1.29 is 9.18 Å². The van der Waals surface area contributed by atoms with Gasteiger partial charge in [-0.2, -0.15) is 0 Å². The zero-order chi connectivity index (χ0) is 12.6. The van der Waals surface area contributed by atoms with Crippen LogP contribution in [0.15, 0.2) is 0 Å². The van der Waals surface area contributed by atoms with Crippen molar-refractivity contribution in [3.63, 3.8) is 0 Å². The summed E-state index contributed by atoms with van der Waals surface area (Å²) >= 11 is 0. The van der Waals surface area contributed by atoms with Crippen molar-refractivity contribution in [2.75, 3.05) is 13.1 Å². The maximum absolute atomic E-state index is 13.4. The van der Waals surface area contributed by atoms with Crippen LogP contribution in [-0.4, -0.2) is 29.6 Å². The number of likely N-dealkylation sites (tertiary alicyclic amines) is 1. The fourth-order valence-corrected chi connectivity index (χ4v) is 3.19. The van der Waals surface area contributed by atoms with Gasteiger partial charge in [0.2, 0.25) is 5.91 Å². The molecule has 0 N–H and O–H groups in total. The molecule has 0 radical (unpaired) electrons. The normalized spacial score (nSPS) is 34.9. The summed E-state index contributed by atoms with van der Waals surface area (Å²) in [4.78, 5) is 14.1. The number of halogens is 1. The third-order valence-electron chi connectivity index (χ3n) is 4.49. The minimum absolute atomic E-state index is 0.0411. The van der Waals surface area contributed by atoms with E-state index in [9.17, 15) is 9.18 Å². The van der Waals surface area contributed by atoms with Crippen molar-refractivity contribution in [1.29, 1.82) is 0 Å². The molecule has 2 rings (SSSR count). The average Bonchev–Trinajstić information content (AvgIpc) is 2.25. The summed E-state index contributed by atoms with van der Waals surface area (Å²) in [5.41, 5.74) is -1.09. The number of alkyl halides is 1. The first-order valence-corrected chi connectivity index (χ1v) is 6.87. The molecule has 1 amide bonds. The monoisotopic (exact) mass is 241 g/mol. The molecule has 0 spiro atoms. The van der Waals surface area contributed by atoms with Crippen LogP contribution in [0.3, 0.4) is 0 Å². The van der Waals surface area contributed by atoms with E-state index in [0.717, 1.165) is 31.8 Å². The van der Waals surface area contributed by atoms with Crippen LogP contribution in [0.4, 0.5) is 4.39 Å². The summed E-state index contributed by atoms with van der Waals surface area (Å²) < 4.78 is 13.4. The molecule has 1 aliphatic heterocycles. The number of amides is 1. The van der Waals surface area contributed by atoms with Gasteiger partial charge in [0.05, 0.1) is 0 Å². The molecule has 1 saturated carbocycles. The summed E-state index contributed by atoms with van der Waals surface area (Å²) in [5, 5.41) is 0. The second-order valence-electron chi connectivity index (χ2n) is 6.43. The van der Waals surface area contributed by atoms with Crippen molar-refractivity contribution in [3.05, 3.63) is 0 Å². The molecule has 98 valence electrons. The Morgan fingerprint density at radius 3 is 2.24 bits per heavy atom. The largest absolute Gasteiger partial charge is 0.342 e. The van der Waals surface area contributed by atoms with E-state index in [0.29, 0.717) is 18.8 Å². The minimum Gasteiger partial charge on any atom is -0.342 e. The smallest absolute Gasteiger partial charge is 0.225 e. The van der Waals surface area contributed by atoms with Gasteiger partial charge in [-0.25, -0.2) is 4.39 Å². The SMILES string of the molecule is CC(C)C1CCN(C(=O)C2CC(C)(F)C2)CC1. The highest BCUT2D eigenvalue weighted by molar-refractivity contribution is 5.80. The summed E-state index contributed by atoms with van der Waals surface area (Å²) in [6.45, 7) is 7.86. The molecule has 0 unspecified atom stereocenters. The predicted octanol–water partition coefficient (Wildman–Crippen LogP) is 3.02. The van der Waals surface area contributed by atoms with E-state index in [2.05, 4.69) is 13.8 Å². The Balaban J connectivity index is 1.79. The summed E-state index contributed by atoms with van der Waals surface area (Å²) in [6.07, 6.45) is 3.08. The zero-order valence-corrected chi connectivity index (χ0v) is 11.2. The molecule has 2 fully saturated rings. The molecular formula is C14H24FNO. The Hall–Kier alpha value is -0.600. The van der Waals surface area contributed by atoms with Crippen molar-refractivity contribution >= 4 is 5.91 Å². The van der Waals surface area contributed by atoms with E-state index in [1.807, 2.05) is 4.90 Å². The highest BCUT2D eigenvalue weighted by Gasteiger charge is 2.45. The van der Waals surface area contributed by atoms with E-state index in [1.54, 1.807) is 6.92 Å². The van der Waals surface area contributed by atoms with Crippen LogP contribution in [0.2, 0.25) is 0 Å². The first kappa shape index (κ1) is 12.8. The fourth-order valence-electron chi connectivity index (χ4n) is 3.19. The maximum atomic E-state index is 13.4. The van der Waals surface area contributed by atoms with Crippen LogP contribution < -0.4 is 0 Å². The molecule has 0 aromatic carbocycles. The minimum atomic E-state index is -1.09. The summed E-state index contributed by atoms with van der Waals surface area (Å²) in [7, 11) is 0. The van der Waals surface area contributed by atoms with E-state index in [4.69, 9.17) is 0 Å². The lowest BCUT2D eigenvalue weighted by molar-refractivity contribution is -0.145. The molecule has 1 aliphatic carbocycles. The maximum Gasteiger partial charge on any atom is 0.225 e. The van der Waals surface area contributed by atoms with E-state index in [1.165, 1.54) is 0 Å². The average molecular weight is 241 g/mol. The first-order chi connectivity index (χ1) is 7.89. The number of hydrogen-bond acceptors (Lipinski definition) is 1. The van der Waals surface area contributed by atoms with Crippen LogP contribution in [0.25, 0.3) is 0 Å². The second-order valence-corrected chi connectivity index (χ2v) is 6.43. The highest BCUT2D eigenvalue weighted by Crippen LogP contribution is 2.42. The molecule has 0 atom stereocenters. The molecule has 3 heteroatoms. The van der Waals surface area contributed by atoms with Gasteiger partial charge in [0, 0.05) is 19.0 Å². The Morgan fingerprint density at radius 2 is 1.82 bits per heavy atom. The Morgan fingerprint density at radius 1 is 1.29 bits per heavy atom. The third-order valence-corrected chi connectivity index (χ3v) is 4.49. The number of nitrogens with zero attached hydrogens (tertiary/aromatic N) is 1. The van der Waals surface area contributed by atoms with Gasteiger partial charge in [-0.05, 0) is 44.4 Å². The topological polar surface area (TPSA) is 20.3 Å². The van der Waals surface area contributed by atoms with Crippen molar-refractivity contribution in [1.82, 2.24) is 4.90 Å². The van der Waals surface area contributed by atoms with Crippen LogP contribution in [-0.2, 0) is 4.79 Å². The standard InChI is InChI=1S/C14H24FNO/c1-10(2)11-4-6-16(7-5-11)13(17)12-8-14(3,15)9-12/h10-12H,4-9H2,1-3H3. The van der Waals surface area contributed by atoms with Crippen LogP contribution in [0.5, 0.6) is 0 Å². The van der Waals surface area contributed by atoms with Crippen LogP contribution in [0.1, 0.15) is 46.5 Å². The van der Waals surface area contributed by atoms with Gasteiger partial charge in [0.1, 0.15) is 5.67 Å². The van der Waals surface area contributed by atoms with Gasteiger partial charge >= 0.3 is 0 Å². The third kappa shape index (κ3) is 2.80. The van der Waals surface area contributed by atoms with Gasteiger partial charge < -0.3 is 4.90 Å². The lowest BCUT2D eigenvalue weighted by atomic mass is 9.72. The zero-order valence-electron chi connectivity index (χ0n) is 11.2. The Kier molecular flexibility index (Phi) is 3.46. The van der Waals surface area contributed by atoms with Gasteiger partial charge in [-0.15, -0.1) is 0 Å². The van der Waals surface area contributed by atoms with Gasteiger partial charge in [0.15, 0.2) is 0 Å². The molecule has 0 aromatic heterocycles. The Labute approximate surface area is 104 Å². The van der Waals surface area contributed by atoms with Gasteiger partial charge in [0.25, 0.3) is 0 Å². The quantitative estimate of drug-likeness (QED) is 0.727. The van der Waals surface area contributed by atoms with Crippen molar-refractivity contribution in [3.8, 4) is 0 Å². The molecule has 0 bridgehead atoms. The predicted molar refractivity (Wildman–Crippen MR) is 66.4 cm³/mol. The molecule has 17 heavy (non-hydrogen) atoms. The molecule has 1 heterocycles. The van der Waals surface area contributed by atoms with E-state index >= 15 is 0 Å². The second kappa shape index (κ2) is 4.58. The lowest BCUT2D eigenvalue weighted by Crippen LogP contribution is -2.49. The fraction of sp³-hybridized carbons (Fsp3) is 0.929. The summed E-state index contributed by atoms with van der Waals surface area (Å²) in [6, 6.07) is 0. The first-order valence-electron chi connectivity index (χ1n) is 6.87. The molecule has 2 aliphatic rings. The Bertz CT molecular complexity index is 285. The number of hydrogen-bond donors (Lipinski definition) is 0. The van der Waals surface area contributed by atoms with Crippen molar-refractivity contribution in [2.24, 2.45) is 17.8 Å². The van der Waals surface area contributed by atoms with E-state index in [-0.39, 0.29) is 11.8 Å². The number of carbonyl (C=O) groups excluding carboxylic acids is 1. The molecular weight excluding hydrogens is 217 g/mol. The molecule has 2 nitrogen and oxygen atoms in total. The highest BCUT2D eigenvalue weighted by atomic mass is 19.1.